The van der Waals surface area contributed by atoms with Gasteiger partial charge in [0.1, 0.15) is 5.01 Å². The van der Waals surface area contributed by atoms with Crippen LogP contribution in [-0.2, 0) is 0 Å². The smallest absolute Gasteiger partial charge is 0.257 e. The van der Waals surface area contributed by atoms with Crippen LogP contribution in [0.2, 0.25) is 0 Å². The van der Waals surface area contributed by atoms with E-state index in [4.69, 9.17) is 4.98 Å². The summed E-state index contributed by atoms with van der Waals surface area (Å²) in [5, 5.41) is 6.89. The standard InChI is InChI=1S/C22H14N2OS2/c25-21(16-13-26-19-11-5-2-7-14(16)19)23-17-9-3-1-8-15(17)22-24-18-10-4-6-12-20(18)27-22/h1-13H,(H,23,25). The number of para-hydroxylation sites is 2. The third-order valence-corrected chi connectivity index (χ3v) is 6.46. The molecule has 0 unspecified atom stereocenters. The van der Waals surface area contributed by atoms with Gasteiger partial charge in [0.25, 0.3) is 5.91 Å². The van der Waals surface area contributed by atoms with Crippen molar-refractivity contribution in [1.82, 2.24) is 4.98 Å². The van der Waals surface area contributed by atoms with E-state index < -0.39 is 0 Å². The van der Waals surface area contributed by atoms with Crippen LogP contribution >= 0.6 is 22.7 Å². The lowest BCUT2D eigenvalue weighted by Crippen LogP contribution is -2.12. The maximum Gasteiger partial charge on any atom is 0.257 e. The van der Waals surface area contributed by atoms with Gasteiger partial charge in [-0.25, -0.2) is 4.98 Å². The Balaban J connectivity index is 1.53. The lowest BCUT2D eigenvalue weighted by atomic mass is 10.1. The Morgan fingerprint density at radius 2 is 1.59 bits per heavy atom. The van der Waals surface area contributed by atoms with Crippen molar-refractivity contribution in [2.75, 3.05) is 5.32 Å². The first kappa shape index (κ1) is 16.2. The van der Waals surface area contributed by atoms with Gasteiger partial charge in [-0.05, 0) is 30.3 Å². The molecule has 3 nitrogen and oxygen atoms in total. The number of hydrogen-bond acceptors (Lipinski definition) is 4. The lowest BCUT2D eigenvalue weighted by Gasteiger charge is -2.09. The highest BCUT2D eigenvalue weighted by atomic mass is 32.1. The van der Waals surface area contributed by atoms with E-state index in [0.29, 0.717) is 5.56 Å². The van der Waals surface area contributed by atoms with Gasteiger partial charge >= 0.3 is 0 Å². The summed E-state index contributed by atoms with van der Waals surface area (Å²) in [4.78, 5) is 17.7. The van der Waals surface area contributed by atoms with Crippen molar-refractivity contribution in [3.8, 4) is 10.6 Å². The van der Waals surface area contributed by atoms with Crippen LogP contribution in [0.15, 0.2) is 78.2 Å². The van der Waals surface area contributed by atoms with Crippen LogP contribution in [0, 0.1) is 0 Å². The van der Waals surface area contributed by atoms with Gasteiger partial charge < -0.3 is 5.32 Å². The number of rotatable bonds is 3. The zero-order valence-corrected chi connectivity index (χ0v) is 15.8. The second-order valence-corrected chi connectivity index (χ2v) is 8.07. The Morgan fingerprint density at radius 3 is 2.48 bits per heavy atom. The van der Waals surface area contributed by atoms with Gasteiger partial charge in [0.15, 0.2) is 0 Å². The van der Waals surface area contributed by atoms with Crippen molar-refractivity contribution in [2.45, 2.75) is 0 Å². The molecule has 0 aliphatic heterocycles. The molecule has 0 fully saturated rings. The normalized spacial score (nSPS) is 11.1. The number of benzene rings is 3. The molecule has 0 atom stereocenters. The van der Waals surface area contributed by atoms with Gasteiger partial charge in [0, 0.05) is 21.0 Å². The second kappa shape index (κ2) is 6.61. The number of amides is 1. The molecule has 1 amide bonds. The number of carbonyl (C=O) groups excluding carboxylic acids is 1. The molecule has 5 heteroatoms. The molecule has 0 saturated carbocycles. The van der Waals surface area contributed by atoms with Crippen molar-refractivity contribution in [3.63, 3.8) is 0 Å². The van der Waals surface area contributed by atoms with Crippen LogP contribution in [0.5, 0.6) is 0 Å². The maximum atomic E-state index is 12.9. The molecule has 1 N–H and O–H groups in total. The summed E-state index contributed by atoms with van der Waals surface area (Å²) in [5.74, 6) is -0.0963. The van der Waals surface area contributed by atoms with Gasteiger partial charge in [0.2, 0.25) is 0 Å². The van der Waals surface area contributed by atoms with Gasteiger partial charge in [-0.15, -0.1) is 22.7 Å². The minimum Gasteiger partial charge on any atom is -0.321 e. The summed E-state index contributed by atoms with van der Waals surface area (Å²) in [7, 11) is 0. The van der Waals surface area contributed by atoms with E-state index >= 15 is 0 Å². The third kappa shape index (κ3) is 2.91. The van der Waals surface area contributed by atoms with Crippen LogP contribution < -0.4 is 5.32 Å². The largest absolute Gasteiger partial charge is 0.321 e. The minimum atomic E-state index is -0.0963. The number of hydrogen-bond donors (Lipinski definition) is 1. The zero-order valence-electron chi connectivity index (χ0n) is 14.2. The minimum absolute atomic E-state index is 0.0963. The number of aromatic nitrogens is 1. The van der Waals surface area contributed by atoms with E-state index in [9.17, 15) is 4.79 Å². The molecule has 27 heavy (non-hydrogen) atoms. The number of thiophene rings is 1. The van der Waals surface area contributed by atoms with Crippen molar-refractivity contribution < 1.29 is 4.79 Å². The van der Waals surface area contributed by atoms with E-state index in [1.807, 2.05) is 72.1 Å². The van der Waals surface area contributed by atoms with Gasteiger partial charge in [-0.2, -0.15) is 0 Å². The summed E-state index contributed by atoms with van der Waals surface area (Å²) < 4.78 is 2.25. The first-order valence-electron chi connectivity index (χ1n) is 8.52. The van der Waals surface area contributed by atoms with Crippen molar-refractivity contribution in [1.29, 1.82) is 0 Å². The first-order chi connectivity index (χ1) is 13.3. The average molecular weight is 387 g/mol. The molecule has 0 radical (unpaired) electrons. The Labute approximate surface area is 163 Å². The highest BCUT2D eigenvalue weighted by Gasteiger charge is 2.16. The van der Waals surface area contributed by atoms with Gasteiger partial charge in [-0.3, -0.25) is 4.79 Å². The van der Waals surface area contributed by atoms with E-state index in [-0.39, 0.29) is 5.91 Å². The van der Waals surface area contributed by atoms with Crippen LogP contribution in [-0.4, -0.2) is 10.9 Å². The molecule has 0 saturated heterocycles. The Kier molecular flexibility index (Phi) is 3.96. The number of carbonyl (C=O) groups is 1. The molecule has 0 spiro atoms. The Bertz CT molecular complexity index is 1250. The molecule has 0 bridgehead atoms. The summed E-state index contributed by atoms with van der Waals surface area (Å²) >= 11 is 3.22. The quantitative estimate of drug-likeness (QED) is 0.388. The highest BCUT2D eigenvalue weighted by molar-refractivity contribution is 7.21. The molecule has 0 aliphatic rings. The van der Waals surface area contributed by atoms with Crippen LogP contribution in [0.25, 0.3) is 30.9 Å². The third-order valence-electron chi connectivity index (χ3n) is 4.43. The zero-order chi connectivity index (χ0) is 18.2. The fourth-order valence-corrected chi connectivity index (χ4v) is 5.06. The monoisotopic (exact) mass is 386 g/mol. The number of nitrogens with zero attached hydrogens (tertiary/aromatic N) is 1. The number of nitrogens with one attached hydrogen (secondary N) is 1. The molecule has 130 valence electrons. The van der Waals surface area contributed by atoms with Gasteiger partial charge in [-0.1, -0.05) is 42.5 Å². The fourth-order valence-electron chi connectivity index (χ4n) is 3.11. The summed E-state index contributed by atoms with van der Waals surface area (Å²) in [6, 6.07) is 23.9. The topological polar surface area (TPSA) is 42.0 Å². The molecule has 2 heterocycles. The van der Waals surface area contributed by atoms with E-state index in [1.165, 1.54) is 0 Å². The van der Waals surface area contributed by atoms with Crippen molar-refractivity contribution >= 4 is 54.6 Å². The Morgan fingerprint density at radius 1 is 0.852 bits per heavy atom. The molecule has 3 aromatic carbocycles. The summed E-state index contributed by atoms with van der Waals surface area (Å²) in [6.07, 6.45) is 0. The molecule has 0 aliphatic carbocycles. The van der Waals surface area contributed by atoms with E-state index in [2.05, 4.69) is 11.4 Å². The summed E-state index contributed by atoms with van der Waals surface area (Å²) in [5.41, 5.74) is 3.39. The first-order valence-corrected chi connectivity index (χ1v) is 10.2. The van der Waals surface area contributed by atoms with Crippen molar-refractivity contribution in [3.05, 3.63) is 83.7 Å². The molecular weight excluding hydrogens is 372 g/mol. The average Bonchev–Trinajstić information content (AvgIpc) is 3.32. The van der Waals surface area contributed by atoms with Crippen LogP contribution in [0.3, 0.4) is 0 Å². The molecule has 5 rings (SSSR count). The molecular formula is C22H14N2OS2. The molecule has 5 aromatic rings. The Hall–Kier alpha value is -3.02. The van der Waals surface area contributed by atoms with E-state index in [1.54, 1.807) is 22.7 Å². The van der Waals surface area contributed by atoms with E-state index in [0.717, 1.165) is 36.6 Å². The van der Waals surface area contributed by atoms with Crippen LogP contribution in [0.1, 0.15) is 10.4 Å². The number of anilines is 1. The molecule has 2 aromatic heterocycles. The number of fused-ring (bicyclic) bond motifs is 2. The summed E-state index contributed by atoms with van der Waals surface area (Å²) in [6.45, 7) is 0. The lowest BCUT2D eigenvalue weighted by molar-refractivity contribution is 0.102. The predicted octanol–water partition coefficient (Wildman–Crippen LogP) is 6.43. The second-order valence-electron chi connectivity index (χ2n) is 6.13. The highest BCUT2D eigenvalue weighted by Crippen LogP contribution is 2.35. The SMILES string of the molecule is O=C(Nc1ccccc1-c1nc2ccccc2s1)c1csc2ccccc12. The maximum absolute atomic E-state index is 12.9. The fraction of sp³-hybridized carbons (Fsp3) is 0. The van der Waals surface area contributed by atoms with Crippen molar-refractivity contribution in [2.24, 2.45) is 0 Å². The number of thiazole rings is 1. The predicted molar refractivity (Wildman–Crippen MR) is 115 cm³/mol. The van der Waals surface area contributed by atoms with Gasteiger partial charge in [0.05, 0.1) is 21.5 Å². The van der Waals surface area contributed by atoms with Crippen LogP contribution in [0.4, 0.5) is 5.69 Å².